The van der Waals surface area contributed by atoms with Gasteiger partial charge in [-0.25, -0.2) is 4.79 Å². The van der Waals surface area contributed by atoms with E-state index >= 15 is 0 Å². The average Bonchev–Trinajstić information content (AvgIpc) is 2.97. The van der Waals surface area contributed by atoms with E-state index in [2.05, 4.69) is 5.32 Å². The fourth-order valence-electron chi connectivity index (χ4n) is 2.98. The summed E-state index contributed by atoms with van der Waals surface area (Å²) in [6.45, 7) is 2.31. The normalized spacial score (nSPS) is 13.2. The molecule has 1 aliphatic carbocycles. The zero-order valence-corrected chi connectivity index (χ0v) is 16.7. The number of thiophene rings is 1. The molecule has 0 saturated carbocycles. The van der Waals surface area contributed by atoms with Crippen molar-refractivity contribution >= 4 is 51.4 Å². The molecule has 0 bridgehead atoms. The summed E-state index contributed by atoms with van der Waals surface area (Å²) >= 11 is 13.5. The zero-order valence-electron chi connectivity index (χ0n) is 14.4. The van der Waals surface area contributed by atoms with Crippen LogP contribution in [0.5, 0.6) is 0 Å². The summed E-state index contributed by atoms with van der Waals surface area (Å²) in [6.07, 6.45) is 4.63. The molecule has 26 heavy (non-hydrogen) atoms. The fourth-order valence-corrected chi connectivity index (χ4v) is 4.75. The number of hydrogen-bond acceptors (Lipinski definition) is 4. The van der Waals surface area contributed by atoms with Gasteiger partial charge in [0.2, 0.25) is 0 Å². The number of benzene rings is 1. The van der Waals surface area contributed by atoms with Gasteiger partial charge >= 0.3 is 5.97 Å². The first-order valence-corrected chi connectivity index (χ1v) is 10.2. The van der Waals surface area contributed by atoms with Gasteiger partial charge in [-0.05, 0) is 55.9 Å². The second kappa shape index (κ2) is 8.42. The highest BCUT2D eigenvalue weighted by Gasteiger charge is 2.27. The van der Waals surface area contributed by atoms with Crippen LogP contribution in [0.2, 0.25) is 10.0 Å². The minimum Gasteiger partial charge on any atom is -0.462 e. The highest BCUT2D eigenvalue weighted by molar-refractivity contribution is 7.17. The molecule has 1 heterocycles. The van der Waals surface area contributed by atoms with E-state index in [9.17, 15) is 9.59 Å². The van der Waals surface area contributed by atoms with E-state index in [0.717, 1.165) is 42.5 Å². The molecule has 4 nitrogen and oxygen atoms in total. The van der Waals surface area contributed by atoms with Gasteiger partial charge in [-0.1, -0.05) is 30.1 Å². The first-order chi connectivity index (χ1) is 12.5. The topological polar surface area (TPSA) is 55.4 Å². The predicted octanol–water partition coefficient (Wildman–Crippen LogP) is 5.75. The van der Waals surface area contributed by atoms with E-state index in [1.165, 1.54) is 17.4 Å². The molecule has 138 valence electrons. The van der Waals surface area contributed by atoms with Crippen molar-refractivity contribution in [3.8, 4) is 0 Å². The lowest BCUT2D eigenvalue weighted by Crippen LogP contribution is -2.16. The summed E-state index contributed by atoms with van der Waals surface area (Å²) in [5, 5.41) is 4.12. The number of amides is 1. The maximum atomic E-state index is 12.7. The van der Waals surface area contributed by atoms with E-state index in [-0.39, 0.29) is 16.9 Å². The number of nitrogens with one attached hydrogen (secondary N) is 1. The van der Waals surface area contributed by atoms with E-state index in [4.69, 9.17) is 27.9 Å². The van der Waals surface area contributed by atoms with E-state index in [1.807, 2.05) is 6.92 Å². The van der Waals surface area contributed by atoms with Crippen LogP contribution in [-0.2, 0) is 17.6 Å². The highest BCUT2D eigenvalue weighted by Crippen LogP contribution is 2.39. The van der Waals surface area contributed by atoms with E-state index < -0.39 is 0 Å². The largest absolute Gasteiger partial charge is 0.462 e. The number of hydrogen-bond donors (Lipinski definition) is 1. The molecule has 2 aromatic rings. The second-order valence-corrected chi connectivity index (χ2v) is 8.08. The molecule has 1 aliphatic rings. The highest BCUT2D eigenvalue weighted by atomic mass is 35.5. The van der Waals surface area contributed by atoms with Crippen LogP contribution in [0.3, 0.4) is 0 Å². The van der Waals surface area contributed by atoms with Crippen LogP contribution in [0.25, 0.3) is 0 Å². The summed E-state index contributed by atoms with van der Waals surface area (Å²) in [7, 11) is 0. The van der Waals surface area contributed by atoms with Crippen LogP contribution in [0.1, 0.15) is 57.3 Å². The van der Waals surface area contributed by atoms with Crippen molar-refractivity contribution < 1.29 is 14.3 Å². The van der Waals surface area contributed by atoms with Gasteiger partial charge in [-0.3, -0.25) is 4.79 Å². The number of carbonyl (C=O) groups is 2. The molecule has 7 heteroatoms. The molecule has 0 radical (unpaired) electrons. The van der Waals surface area contributed by atoms with Crippen molar-refractivity contribution in [1.29, 1.82) is 0 Å². The number of carbonyl (C=O) groups excluding carboxylic acids is 2. The van der Waals surface area contributed by atoms with Crippen molar-refractivity contribution in [2.24, 2.45) is 0 Å². The van der Waals surface area contributed by atoms with Crippen LogP contribution in [0, 0.1) is 0 Å². The van der Waals surface area contributed by atoms with Crippen molar-refractivity contribution in [1.82, 2.24) is 0 Å². The quantitative estimate of drug-likeness (QED) is 0.636. The molecule has 0 spiro atoms. The molecule has 0 saturated heterocycles. The molecule has 0 atom stereocenters. The van der Waals surface area contributed by atoms with Crippen molar-refractivity contribution in [3.05, 3.63) is 49.8 Å². The van der Waals surface area contributed by atoms with Gasteiger partial charge in [-0.15, -0.1) is 11.3 Å². The molecule has 0 fully saturated rings. The number of halogens is 2. The molecule has 3 rings (SSSR count). The van der Waals surface area contributed by atoms with Gasteiger partial charge in [-0.2, -0.15) is 0 Å². The number of fused-ring (bicyclic) bond motifs is 1. The minimum atomic E-state index is -0.372. The minimum absolute atomic E-state index is 0.270. The smallest absolute Gasteiger partial charge is 0.341 e. The summed E-state index contributed by atoms with van der Waals surface area (Å²) in [5.74, 6) is -0.737. The summed E-state index contributed by atoms with van der Waals surface area (Å²) in [4.78, 5) is 26.4. The van der Waals surface area contributed by atoms with Crippen molar-refractivity contribution in [3.63, 3.8) is 0 Å². The number of esters is 1. The van der Waals surface area contributed by atoms with Crippen LogP contribution >= 0.6 is 34.5 Å². The lowest BCUT2D eigenvalue weighted by Gasteiger charge is -2.12. The second-order valence-electron chi connectivity index (χ2n) is 6.13. The maximum absolute atomic E-state index is 12.7. The molecule has 1 aromatic carbocycles. The molecule has 0 unspecified atom stereocenters. The van der Waals surface area contributed by atoms with Gasteiger partial charge in [0.05, 0.1) is 22.8 Å². The lowest BCUT2D eigenvalue weighted by atomic mass is 9.95. The van der Waals surface area contributed by atoms with Gasteiger partial charge in [0.1, 0.15) is 5.00 Å². The number of anilines is 1. The van der Waals surface area contributed by atoms with Crippen molar-refractivity contribution in [2.75, 3.05) is 11.9 Å². The zero-order chi connectivity index (χ0) is 18.7. The summed E-state index contributed by atoms with van der Waals surface area (Å²) < 4.78 is 5.34. The fraction of sp³-hybridized carbons (Fsp3) is 0.368. The van der Waals surface area contributed by atoms with Crippen LogP contribution in [-0.4, -0.2) is 18.5 Å². The molecule has 1 amide bonds. The Morgan fingerprint density at radius 1 is 1.23 bits per heavy atom. The SMILES string of the molecule is CCCOC(=O)c1c(NC(=O)c2ccc(Cl)cc2Cl)sc2c1CCCC2. The molecule has 1 aromatic heterocycles. The van der Waals surface area contributed by atoms with Gasteiger partial charge in [0.25, 0.3) is 5.91 Å². The Balaban J connectivity index is 1.92. The van der Waals surface area contributed by atoms with Crippen LogP contribution in [0.15, 0.2) is 18.2 Å². The van der Waals surface area contributed by atoms with Gasteiger partial charge in [0.15, 0.2) is 0 Å². The van der Waals surface area contributed by atoms with Gasteiger partial charge < -0.3 is 10.1 Å². The third-order valence-corrected chi connectivity index (χ3v) is 5.97. The Kier molecular flexibility index (Phi) is 6.22. The Bertz CT molecular complexity index is 848. The molecular formula is C19H19Cl2NO3S. The summed E-state index contributed by atoms with van der Waals surface area (Å²) in [5.41, 5.74) is 1.83. The third-order valence-electron chi connectivity index (χ3n) is 4.22. The van der Waals surface area contributed by atoms with Crippen LogP contribution < -0.4 is 5.32 Å². The molecule has 0 aliphatic heterocycles. The monoisotopic (exact) mass is 411 g/mol. The molecular weight excluding hydrogens is 393 g/mol. The van der Waals surface area contributed by atoms with E-state index in [0.29, 0.717) is 27.8 Å². The Labute approximate surface area is 166 Å². The number of aryl methyl sites for hydroxylation is 1. The summed E-state index contributed by atoms with van der Waals surface area (Å²) in [6, 6.07) is 4.70. The Hall–Kier alpha value is -1.56. The van der Waals surface area contributed by atoms with Crippen molar-refractivity contribution in [2.45, 2.75) is 39.0 Å². The predicted molar refractivity (Wildman–Crippen MR) is 106 cm³/mol. The first kappa shape index (κ1) is 19.2. The maximum Gasteiger partial charge on any atom is 0.341 e. The third kappa shape index (κ3) is 4.05. The standard InChI is InChI=1S/C19H19Cl2NO3S/c1-2-9-25-19(24)16-13-5-3-4-6-15(13)26-18(16)22-17(23)12-8-7-11(20)10-14(12)21/h7-8,10H,2-6,9H2,1H3,(H,22,23). The Morgan fingerprint density at radius 2 is 2.00 bits per heavy atom. The first-order valence-electron chi connectivity index (χ1n) is 8.59. The number of ether oxygens (including phenoxy) is 1. The Morgan fingerprint density at radius 3 is 2.73 bits per heavy atom. The van der Waals surface area contributed by atoms with Gasteiger partial charge in [0, 0.05) is 9.90 Å². The lowest BCUT2D eigenvalue weighted by molar-refractivity contribution is 0.0505. The van der Waals surface area contributed by atoms with E-state index in [1.54, 1.807) is 12.1 Å². The molecule has 1 N–H and O–H groups in total. The average molecular weight is 412 g/mol. The van der Waals surface area contributed by atoms with Crippen LogP contribution in [0.4, 0.5) is 5.00 Å². The number of rotatable bonds is 5.